The average Bonchev–Trinajstić information content (AvgIpc) is 3.13. The molecule has 0 bridgehead atoms. The number of hydrogen-bond donors (Lipinski definition) is 0. The third-order valence-corrected chi connectivity index (χ3v) is 6.55. The summed E-state index contributed by atoms with van der Waals surface area (Å²) in [6.07, 6.45) is 1.78. The Labute approximate surface area is 198 Å². The molecule has 3 aromatic rings. The van der Waals surface area contributed by atoms with E-state index in [0.29, 0.717) is 37.1 Å². The van der Waals surface area contributed by atoms with Crippen molar-refractivity contribution in [2.75, 3.05) is 21.3 Å². The van der Waals surface area contributed by atoms with Crippen LogP contribution in [0, 0.1) is 0 Å². The van der Waals surface area contributed by atoms with Gasteiger partial charge in [-0.1, -0.05) is 41.1 Å². The summed E-state index contributed by atoms with van der Waals surface area (Å²) in [4.78, 5) is 31.3. The Morgan fingerprint density at radius 3 is 2.42 bits per heavy atom. The molecule has 0 fully saturated rings. The number of carbonyl (C=O) groups is 1. The molecule has 170 valence electrons. The fourth-order valence-electron chi connectivity index (χ4n) is 3.74. The lowest BCUT2D eigenvalue weighted by atomic mass is 9.95. The second-order valence-corrected chi connectivity index (χ2v) is 8.68. The zero-order valence-electron chi connectivity index (χ0n) is 18.4. The highest BCUT2D eigenvalue weighted by Crippen LogP contribution is 2.35. The molecule has 0 radical (unpaired) electrons. The number of aromatic nitrogens is 1. The number of halogens is 1. The first-order chi connectivity index (χ1) is 15.9. The van der Waals surface area contributed by atoms with Gasteiger partial charge in [0.25, 0.3) is 5.56 Å². The summed E-state index contributed by atoms with van der Waals surface area (Å²) in [7, 11) is 4.38. The first-order valence-electron chi connectivity index (χ1n) is 9.96. The number of ether oxygens (including phenoxy) is 3. The van der Waals surface area contributed by atoms with Crippen LogP contribution in [-0.2, 0) is 9.53 Å². The highest BCUT2D eigenvalue weighted by atomic mass is 35.5. The van der Waals surface area contributed by atoms with Crippen molar-refractivity contribution in [2.45, 2.75) is 13.0 Å². The Balaban J connectivity index is 1.97. The fourth-order valence-corrected chi connectivity index (χ4v) is 4.91. The maximum atomic E-state index is 13.5. The van der Waals surface area contributed by atoms with Gasteiger partial charge in [-0.25, -0.2) is 9.79 Å². The van der Waals surface area contributed by atoms with E-state index >= 15 is 0 Å². The molecule has 1 aliphatic rings. The van der Waals surface area contributed by atoms with E-state index in [-0.39, 0.29) is 11.1 Å². The van der Waals surface area contributed by atoms with Crippen LogP contribution >= 0.6 is 22.9 Å². The van der Waals surface area contributed by atoms with E-state index in [1.54, 1.807) is 50.4 Å². The molecule has 2 aromatic carbocycles. The predicted molar refractivity (Wildman–Crippen MR) is 127 cm³/mol. The second kappa shape index (κ2) is 9.25. The van der Waals surface area contributed by atoms with Gasteiger partial charge in [-0.3, -0.25) is 9.36 Å². The molecular formula is C24H21ClN2O5S. The Morgan fingerprint density at radius 1 is 1.09 bits per heavy atom. The van der Waals surface area contributed by atoms with E-state index in [1.807, 2.05) is 12.1 Å². The summed E-state index contributed by atoms with van der Waals surface area (Å²) in [6, 6.07) is 11.7. The molecule has 9 heteroatoms. The topological polar surface area (TPSA) is 79.1 Å². The predicted octanol–water partition coefficient (Wildman–Crippen LogP) is 3.08. The van der Waals surface area contributed by atoms with Gasteiger partial charge in [-0.05, 0) is 48.4 Å². The normalized spacial score (nSPS) is 15.7. The maximum absolute atomic E-state index is 13.5. The van der Waals surface area contributed by atoms with Gasteiger partial charge >= 0.3 is 5.97 Å². The third-order valence-electron chi connectivity index (χ3n) is 5.32. The van der Waals surface area contributed by atoms with Crippen molar-refractivity contribution in [3.05, 3.63) is 89.6 Å². The summed E-state index contributed by atoms with van der Waals surface area (Å²) < 4.78 is 17.8. The highest BCUT2D eigenvalue weighted by molar-refractivity contribution is 7.07. The van der Waals surface area contributed by atoms with Crippen molar-refractivity contribution in [1.29, 1.82) is 0 Å². The number of carbonyl (C=O) groups excluding carboxylic acids is 1. The fraction of sp³-hybridized carbons (Fsp3) is 0.208. The van der Waals surface area contributed by atoms with Gasteiger partial charge in [0.05, 0.1) is 43.2 Å². The Bertz CT molecular complexity index is 1440. The van der Waals surface area contributed by atoms with Gasteiger partial charge < -0.3 is 14.2 Å². The van der Waals surface area contributed by atoms with Crippen LogP contribution in [0.3, 0.4) is 0 Å². The number of allylic oxidation sites excluding steroid dienone is 1. The lowest BCUT2D eigenvalue weighted by molar-refractivity contribution is -0.136. The molecule has 1 atom stereocenters. The molecule has 0 saturated carbocycles. The number of esters is 1. The Hall–Kier alpha value is -3.36. The van der Waals surface area contributed by atoms with Crippen molar-refractivity contribution < 1.29 is 19.0 Å². The standard InChI is InChI=1S/C24H21ClN2O5S/c1-13-20(23(29)32-4)21(15-7-10-17(30-2)18(12-15)31-3)27-22(28)19(33-24(27)26-13)11-14-5-8-16(25)9-6-14/h5-12,21H,1-4H3. The maximum Gasteiger partial charge on any atom is 0.338 e. The molecule has 33 heavy (non-hydrogen) atoms. The van der Waals surface area contributed by atoms with Crippen LogP contribution in [0.2, 0.25) is 5.02 Å². The highest BCUT2D eigenvalue weighted by Gasteiger charge is 2.33. The number of thiazole rings is 1. The summed E-state index contributed by atoms with van der Waals surface area (Å²) in [5.41, 5.74) is 2.01. The zero-order valence-corrected chi connectivity index (χ0v) is 20.0. The van der Waals surface area contributed by atoms with Gasteiger partial charge in [-0.2, -0.15) is 0 Å². The molecule has 1 unspecified atom stereocenters. The molecule has 0 aliphatic carbocycles. The first kappa shape index (κ1) is 22.8. The van der Waals surface area contributed by atoms with Crippen LogP contribution in [0.15, 0.2) is 63.5 Å². The van der Waals surface area contributed by atoms with Gasteiger partial charge in [0, 0.05) is 5.02 Å². The molecule has 1 aliphatic heterocycles. The molecular weight excluding hydrogens is 464 g/mol. The third kappa shape index (κ3) is 4.19. The van der Waals surface area contributed by atoms with Gasteiger partial charge in [0.1, 0.15) is 0 Å². The summed E-state index contributed by atoms with van der Waals surface area (Å²) in [5.74, 6) is 0.469. The second-order valence-electron chi connectivity index (χ2n) is 7.24. The van der Waals surface area contributed by atoms with Crippen LogP contribution in [-0.4, -0.2) is 31.9 Å². The Kier molecular flexibility index (Phi) is 6.40. The van der Waals surface area contributed by atoms with Crippen LogP contribution < -0.4 is 24.4 Å². The first-order valence-corrected chi connectivity index (χ1v) is 11.2. The van der Waals surface area contributed by atoms with Crippen molar-refractivity contribution >= 4 is 35.0 Å². The van der Waals surface area contributed by atoms with E-state index in [2.05, 4.69) is 4.99 Å². The Morgan fingerprint density at radius 2 is 1.79 bits per heavy atom. The van der Waals surface area contributed by atoms with E-state index in [4.69, 9.17) is 25.8 Å². The zero-order chi connectivity index (χ0) is 23.7. The van der Waals surface area contributed by atoms with Crippen molar-refractivity contribution in [3.8, 4) is 11.5 Å². The van der Waals surface area contributed by atoms with Crippen LogP contribution in [0.4, 0.5) is 0 Å². The minimum Gasteiger partial charge on any atom is -0.493 e. The number of fused-ring (bicyclic) bond motifs is 1. The molecule has 0 saturated heterocycles. The number of methoxy groups -OCH3 is 3. The molecule has 2 heterocycles. The molecule has 1 aromatic heterocycles. The molecule has 7 nitrogen and oxygen atoms in total. The lowest BCUT2D eigenvalue weighted by Crippen LogP contribution is -2.39. The number of hydrogen-bond acceptors (Lipinski definition) is 7. The molecule has 0 amide bonds. The smallest absolute Gasteiger partial charge is 0.338 e. The van der Waals surface area contributed by atoms with E-state index < -0.39 is 12.0 Å². The van der Waals surface area contributed by atoms with Crippen LogP contribution in [0.5, 0.6) is 11.5 Å². The number of nitrogens with zero attached hydrogens (tertiary/aromatic N) is 2. The van der Waals surface area contributed by atoms with E-state index in [0.717, 1.165) is 5.56 Å². The number of benzene rings is 2. The lowest BCUT2D eigenvalue weighted by Gasteiger charge is -2.25. The van der Waals surface area contributed by atoms with Gasteiger partial charge in [0.2, 0.25) is 0 Å². The quantitative estimate of drug-likeness (QED) is 0.520. The van der Waals surface area contributed by atoms with E-state index in [9.17, 15) is 9.59 Å². The van der Waals surface area contributed by atoms with Crippen LogP contribution in [0.25, 0.3) is 6.08 Å². The summed E-state index contributed by atoms with van der Waals surface area (Å²) in [5, 5.41) is 0.611. The minimum atomic E-state index is -0.735. The molecule has 0 spiro atoms. The minimum absolute atomic E-state index is 0.262. The van der Waals surface area contributed by atoms with Crippen molar-refractivity contribution in [3.63, 3.8) is 0 Å². The molecule has 4 rings (SSSR count). The van der Waals surface area contributed by atoms with Gasteiger partial charge in [0.15, 0.2) is 16.3 Å². The van der Waals surface area contributed by atoms with Crippen molar-refractivity contribution in [2.24, 2.45) is 4.99 Å². The largest absolute Gasteiger partial charge is 0.493 e. The van der Waals surface area contributed by atoms with E-state index in [1.165, 1.54) is 30.1 Å². The average molecular weight is 485 g/mol. The number of rotatable bonds is 5. The summed E-state index contributed by atoms with van der Waals surface area (Å²) in [6.45, 7) is 1.73. The van der Waals surface area contributed by atoms with Crippen molar-refractivity contribution in [1.82, 2.24) is 4.57 Å². The van der Waals surface area contributed by atoms with Crippen LogP contribution in [0.1, 0.15) is 24.1 Å². The van der Waals surface area contributed by atoms with Gasteiger partial charge in [-0.15, -0.1) is 0 Å². The molecule has 0 N–H and O–H groups in total. The summed E-state index contributed by atoms with van der Waals surface area (Å²) >= 11 is 7.23. The monoisotopic (exact) mass is 484 g/mol. The SMILES string of the molecule is COC(=O)C1=C(C)N=c2sc(=Cc3ccc(Cl)cc3)c(=O)n2C1c1ccc(OC)c(OC)c1.